The van der Waals surface area contributed by atoms with Crippen LogP contribution in [-0.2, 0) is 11.3 Å². The maximum Gasteiger partial charge on any atom is 0.242 e. The van der Waals surface area contributed by atoms with Crippen LogP contribution in [0.15, 0.2) is 29.8 Å². The van der Waals surface area contributed by atoms with Crippen molar-refractivity contribution >= 4 is 53.1 Å². The van der Waals surface area contributed by atoms with Crippen molar-refractivity contribution in [1.29, 1.82) is 0 Å². The van der Waals surface area contributed by atoms with Crippen molar-refractivity contribution in [2.24, 2.45) is 0 Å². The van der Waals surface area contributed by atoms with Crippen LogP contribution >= 0.6 is 36.2 Å². The van der Waals surface area contributed by atoms with Crippen molar-refractivity contribution in [1.82, 2.24) is 24.8 Å². The van der Waals surface area contributed by atoms with Gasteiger partial charge in [-0.05, 0) is 26.1 Å². The van der Waals surface area contributed by atoms with Gasteiger partial charge in [-0.2, -0.15) is 0 Å². The molecule has 0 saturated carbocycles. The predicted octanol–water partition coefficient (Wildman–Crippen LogP) is 2.99. The number of carbonyl (C=O) groups excluding carboxylic acids is 1. The number of likely N-dealkylation sites (N-methyl/N-ethyl adjacent to an activating group) is 2. The van der Waals surface area contributed by atoms with Gasteiger partial charge in [0.15, 0.2) is 5.82 Å². The Balaban J connectivity index is 0.00000169. The lowest BCUT2D eigenvalue weighted by molar-refractivity contribution is -0.130. The van der Waals surface area contributed by atoms with E-state index in [1.165, 1.54) is 0 Å². The van der Waals surface area contributed by atoms with Crippen LogP contribution in [0.3, 0.4) is 0 Å². The molecule has 6 nitrogen and oxygen atoms in total. The number of hydrogen-bond donors (Lipinski definition) is 1. The van der Waals surface area contributed by atoms with E-state index in [1.54, 1.807) is 16.2 Å². The Labute approximate surface area is 169 Å². The summed E-state index contributed by atoms with van der Waals surface area (Å²) in [4.78, 5) is 24.4. The van der Waals surface area contributed by atoms with Gasteiger partial charge in [-0.3, -0.25) is 4.79 Å². The molecule has 3 rings (SSSR count). The molecule has 0 unspecified atom stereocenters. The van der Waals surface area contributed by atoms with Crippen molar-refractivity contribution in [2.75, 3.05) is 27.2 Å². The van der Waals surface area contributed by atoms with E-state index < -0.39 is 0 Å². The highest BCUT2D eigenvalue weighted by atomic mass is 35.5. The van der Waals surface area contributed by atoms with Gasteiger partial charge in [0, 0.05) is 20.1 Å². The summed E-state index contributed by atoms with van der Waals surface area (Å²) in [6.45, 7) is 3.69. The molecule has 0 bridgehead atoms. The van der Waals surface area contributed by atoms with Crippen molar-refractivity contribution in [3.63, 3.8) is 0 Å². The van der Waals surface area contributed by atoms with Gasteiger partial charge in [-0.25, -0.2) is 9.97 Å². The van der Waals surface area contributed by atoms with Crippen molar-refractivity contribution in [3.8, 4) is 10.7 Å². The van der Waals surface area contributed by atoms with E-state index in [2.05, 4.69) is 10.3 Å². The van der Waals surface area contributed by atoms with E-state index in [1.807, 2.05) is 55.4 Å². The average Bonchev–Trinajstić information content (AvgIpc) is 3.16. The smallest absolute Gasteiger partial charge is 0.242 e. The Hall–Kier alpha value is -1.67. The van der Waals surface area contributed by atoms with Crippen molar-refractivity contribution < 1.29 is 4.79 Å². The van der Waals surface area contributed by atoms with Crippen molar-refractivity contribution in [3.05, 3.63) is 35.5 Å². The molecular formula is C17H23Cl2N5OS. The molecule has 2 heterocycles. The molecule has 1 amide bonds. The number of aromatic nitrogens is 3. The summed E-state index contributed by atoms with van der Waals surface area (Å²) in [7, 11) is 3.71. The minimum absolute atomic E-state index is 0. The Morgan fingerprint density at radius 3 is 2.69 bits per heavy atom. The van der Waals surface area contributed by atoms with Crippen LogP contribution in [0.2, 0.25) is 0 Å². The van der Waals surface area contributed by atoms with E-state index in [9.17, 15) is 4.79 Å². The normalized spacial score (nSPS) is 10.3. The fourth-order valence-electron chi connectivity index (χ4n) is 2.59. The number of rotatable bonds is 6. The Bertz CT molecular complexity index is 864. The fourth-order valence-corrected chi connectivity index (χ4v) is 3.39. The predicted molar refractivity (Wildman–Crippen MR) is 112 cm³/mol. The molecule has 0 aliphatic carbocycles. The first-order valence-corrected chi connectivity index (χ1v) is 8.74. The minimum atomic E-state index is 0. The monoisotopic (exact) mass is 415 g/mol. The number of thiazole rings is 1. The number of amides is 1. The largest absolute Gasteiger partial charge is 0.343 e. The third kappa shape index (κ3) is 4.54. The lowest BCUT2D eigenvalue weighted by Gasteiger charge is -2.18. The van der Waals surface area contributed by atoms with Gasteiger partial charge in [-0.15, -0.1) is 36.2 Å². The van der Waals surface area contributed by atoms with Gasteiger partial charge < -0.3 is 14.8 Å². The number of halogens is 2. The van der Waals surface area contributed by atoms with E-state index in [0.717, 1.165) is 34.0 Å². The third-order valence-corrected chi connectivity index (χ3v) is 4.94. The molecule has 0 saturated heterocycles. The highest BCUT2D eigenvalue weighted by Gasteiger charge is 2.19. The first-order chi connectivity index (χ1) is 11.6. The number of imidazole rings is 1. The number of carbonyl (C=O) groups is 1. The molecule has 9 heteroatoms. The number of nitrogens with one attached hydrogen (secondary N) is 1. The van der Waals surface area contributed by atoms with E-state index >= 15 is 0 Å². The van der Waals surface area contributed by atoms with Gasteiger partial charge in [0.2, 0.25) is 5.91 Å². The maximum absolute atomic E-state index is 12.6. The number of benzene rings is 1. The maximum atomic E-state index is 12.6. The number of fused-ring (bicyclic) bond motifs is 1. The zero-order chi connectivity index (χ0) is 17.1. The molecule has 0 radical (unpaired) electrons. The summed E-state index contributed by atoms with van der Waals surface area (Å²) in [5, 5.41) is 3.06. The number of para-hydroxylation sites is 2. The second kappa shape index (κ2) is 9.87. The minimum Gasteiger partial charge on any atom is -0.343 e. The Kier molecular flexibility index (Phi) is 8.49. The zero-order valence-electron chi connectivity index (χ0n) is 14.9. The molecule has 1 aromatic carbocycles. The zero-order valence-corrected chi connectivity index (χ0v) is 17.4. The highest BCUT2D eigenvalue weighted by molar-refractivity contribution is 7.13. The summed E-state index contributed by atoms with van der Waals surface area (Å²) in [5.74, 6) is 0.878. The Morgan fingerprint density at radius 1 is 1.31 bits per heavy atom. The van der Waals surface area contributed by atoms with Gasteiger partial charge in [-0.1, -0.05) is 12.1 Å². The molecule has 3 aromatic rings. The fraction of sp³-hybridized carbons (Fsp3) is 0.353. The lowest BCUT2D eigenvalue weighted by atomic mass is 10.3. The van der Waals surface area contributed by atoms with Crippen LogP contribution in [0.5, 0.6) is 0 Å². The second-order valence-corrected chi connectivity index (χ2v) is 6.55. The molecule has 0 atom stereocenters. The Morgan fingerprint density at radius 2 is 2.04 bits per heavy atom. The third-order valence-electron chi connectivity index (χ3n) is 4.02. The van der Waals surface area contributed by atoms with E-state index in [-0.39, 0.29) is 37.3 Å². The van der Waals surface area contributed by atoms with Crippen LogP contribution in [0.4, 0.5) is 0 Å². The van der Waals surface area contributed by atoms with E-state index in [4.69, 9.17) is 4.98 Å². The van der Waals surface area contributed by atoms with Gasteiger partial charge in [0.05, 0.1) is 27.1 Å². The van der Waals surface area contributed by atoms with Crippen LogP contribution in [-0.4, -0.2) is 52.5 Å². The van der Waals surface area contributed by atoms with E-state index in [0.29, 0.717) is 6.54 Å². The van der Waals surface area contributed by atoms with Crippen LogP contribution in [0, 0.1) is 6.92 Å². The molecule has 0 aliphatic rings. The molecule has 1 N–H and O–H groups in total. The number of hydrogen-bond acceptors (Lipinski definition) is 5. The topological polar surface area (TPSA) is 63.1 Å². The van der Waals surface area contributed by atoms with Crippen LogP contribution in [0.25, 0.3) is 21.7 Å². The molecular weight excluding hydrogens is 393 g/mol. The van der Waals surface area contributed by atoms with Gasteiger partial charge in [0.1, 0.15) is 6.54 Å². The molecule has 0 aliphatic heterocycles. The summed E-state index contributed by atoms with van der Waals surface area (Å²) >= 11 is 1.55. The summed E-state index contributed by atoms with van der Waals surface area (Å²) in [6.07, 6.45) is 0. The van der Waals surface area contributed by atoms with Gasteiger partial charge >= 0.3 is 0 Å². The summed E-state index contributed by atoms with van der Waals surface area (Å²) in [6, 6.07) is 7.91. The molecule has 2 aromatic heterocycles. The first-order valence-electron chi connectivity index (χ1n) is 7.86. The average molecular weight is 416 g/mol. The summed E-state index contributed by atoms with van der Waals surface area (Å²) < 4.78 is 1.99. The molecule has 26 heavy (non-hydrogen) atoms. The first kappa shape index (κ1) is 22.4. The van der Waals surface area contributed by atoms with Gasteiger partial charge in [0.25, 0.3) is 0 Å². The number of aryl methyl sites for hydroxylation is 1. The second-order valence-electron chi connectivity index (χ2n) is 5.70. The van der Waals surface area contributed by atoms with Crippen molar-refractivity contribution in [2.45, 2.75) is 13.5 Å². The standard InChI is InChI=1S/C17H21N5OS.2ClH/c1-12-16(24-11-19-12)17-20-13-6-4-5-7-14(13)22(17)10-15(23)21(3)9-8-18-2;;/h4-7,11,18H,8-10H2,1-3H3;2*1H. The quantitative estimate of drug-likeness (QED) is 0.671. The SMILES string of the molecule is CNCCN(C)C(=O)Cn1c(-c2scnc2C)nc2ccccc21.Cl.Cl. The highest BCUT2D eigenvalue weighted by Crippen LogP contribution is 2.30. The molecule has 142 valence electrons. The van der Waals surface area contributed by atoms with Crippen LogP contribution < -0.4 is 5.32 Å². The summed E-state index contributed by atoms with van der Waals surface area (Å²) in [5.41, 5.74) is 4.61. The molecule has 0 fully saturated rings. The lowest BCUT2D eigenvalue weighted by Crippen LogP contribution is -2.35. The van der Waals surface area contributed by atoms with Crippen LogP contribution in [0.1, 0.15) is 5.69 Å². The number of nitrogens with zero attached hydrogens (tertiary/aromatic N) is 4. The molecule has 0 spiro atoms.